The lowest BCUT2D eigenvalue weighted by atomic mass is 9.82. The zero-order valence-corrected chi connectivity index (χ0v) is 24.8. The number of carbonyl (C=O) groups is 1. The van der Waals surface area contributed by atoms with E-state index in [0.717, 1.165) is 33.8 Å². The summed E-state index contributed by atoms with van der Waals surface area (Å²) in [5.41, 5.74) is 2.11. The van der Waals surface area contributed by atoms with Crippen LogP contribution in [-0.2, 0) is 6.42 Å². The summed E-state index contributed by atoms with van der Waals surface area (Å²) in [5, 5.41) is 10.0. The summed E-state index contributed by atoms with van der Waals surface area (Å²) in [7, 11) is 0. The highest BCUT2D eigenvalue weighted by Crippen LogP contribution is 2.57. The first-order valence-electron chi connectivity index (χ1n) is 14.4. The third kappa shape index (κ3) is 7.27. The lowest BCUT2D eigenvalue weighted by Gasteiger charge is -2.25. The molecule has 5 heteroatoms. The summed E-state index contributed by atoms with van der Waals surface area (Å²) in [6, 6.07) is 15.7. The first-order chi connectivity index (χ1) is 18.5. The molecule has 0 saturated carbocycles. The number of carbonyl (C=O) groups excluding carboxylic acids is 1. The Bertz CT molecular complexity index is 1110. The molecular weight excluding hydrogens is 507 g/mol. The van der Waals surface area contributed by atoms with Crippen molar-refractivity contribution in [3.63, 3.8) is 0 Å². The molecule has 0 amide bonds. The van der Waals surface area contributed by atoms with Crippen LogP contribution in [0.5, 0.6) is 5.75 Å². The maximum absolute atomic E-state index is 13.3. The van der Waals surface area contributed by atoms with Crippen LogP contribution in [-0.4, -0.2) is 12.4 Å². The Balaban J connectivity index is 1.67. The Morgan fingerprint density at radius 1 is 0.974 bits per heavy atom. The van der Waals surface area contributed by atoms with Crippen LogP contribution in [0, 0.1) is 29.1 Å². The SMILES string of the molecule is CCCCC1CCc2ccc(c3c2S/C(=C(\C#N)C(=O)c2ccccc2)S3)OCC(CCCC)CC(C)C1. The predicted octanol–water partition coefficient (Wildman–Crippen LogP) is 9.86. The number of nitriles is 1. The summed E-state index contributed by atoms with van der Waals surface area (Å²) in [4.78, 5) is 15.5. The second-order valence-corrected chi connectivity index (χ2v) is 13.3. The molecule has 202 valence electrons. The van der Waals surface area contributed by atoms with Crippen molar-refractivity contribution < 1.29 is 9.53 Å². The molecule has 0 saturated heterocycles. The summed E-state index contributed by atoms with van der Waals surface area (Å²) < 4.78 is 7.32. The van der Waals surface area contributed by atoms with Gasteiger partial charge in [0.05, 0.1) is 15.7 Å². The van der Waals surface area contributed by atoms with Gasteiger partial charge in [0, 0.05) is 10.5 Å². The van der Waals surface area contributed by atoms with Crippen molar-refractivity contribution in [1.29, 1.82) is 5.26 Å². The number of ether oxygens (including phenoxy) is 1. The van der Waals surface area contributed by atoms with E-state index in [2.05, 4.69) is 39.0 Å². The maximum atomic E-state index is 13.3. The van der Waals surface area contributed by atoms with E-state index in [9.17, 15) is 10.1 Å². The molecule has 0 aromatic heterocycles. The molecule has 0 N–H and O–H groups in total. The van der Waals surface area contributed by atoms with Crippen molar-refractivity contribution in [1.82, 2.24) is 0 Å². The highest BCUT2D eigenvalue weighted by molar-refractivity contribution is 8.24. The number of hydrogen-bond acceptors (Lipinski definition) is 5. The molecule has 4 rings (SSSR count). The molecule has 2 aromatic carbocycles. The zero-order chi connectivity index (χ0) is 26.9. The Morgan fingerprint density at radius 2 is 1.66 bits per heavy atom. The van der Waals surface area contributed by atoms with E-state index in [-0.39, 0.29) is 11.4 Å². The Kier molecular flexibility index (Phi) is 10.8. The molecule has 0 spiro atoms. The number of allylic oxidation sites excluding steroid dienone is 1. The number of Topliss-reactive ketones (excluding diaryl/α,β-unsaturated/α-hetero) is 1. The zero-order valence-electron chi connectivity index (χ0n) is 23.1. The van der Waals surface area contributed by atoms with Gasteiger partial charge in [0.1, 0.15) is 17.4 Å². The smallest absolute Gasteiger partial charge is 0.205 e. The van der Waals surface area contributed by atoms with Crippen LogP contribution in [0.1, 0.15) is 94.5 Å². The summed E-state index contributed by atoms with van der Waals surface area (Å²) in [5.74, 6) is 2.69. The fourth-order valence-electron chi connectivity index (χ4n) is 5.77. The molecule has 2 aliphatic heterocycles. The lowest BCUT2D eigenvalue weighted by molar-refractivity contribution is 0.103. The van der Waals surface area contributed by atoms with Crippen LogP contribution in [0.25, 0.3) is 0 Å². The predicted molar refractivity (Wildman–Crippen MR) is 160 cm³/mol. The normalized spacial score (nSPS) is 22.8. The van der Waals surface area contributed by atoms with Gasteiger partial charge >= 0.3 is 0 Å². The van der Waals surface area contributed by atoms with E-state index in [4.69, 9.17) is 4.74 Å². The molecule has 2 bridgehead atoms. The molecule has 0 fully saturated rings. The van der Waals surface area contributed by atoms with Crippen molar-refractivity contribution in [3.05, 3.63) is 63.4 Å². The number of aryl methyl sites for hydroxylation is 1. The molecule has 3 atom stereocenters. The molecule has 2 aromatic rings. The number of hydrogen-bond donors (Lipinski definition) is 0. The minimum Gasteiger partial charge on any atom is -0.492 e. The highest BCUT2D eigenvalue weighted by Gasteiger charge is 2.31. The molecule has 2 aliphatic rings. The van der Waals surface area contributed by atoms with Crippen LogP contribution in [0.4, 0.5) is 0 Å². The first-order valence-corrected chi connectivity index (χ1v) is 16.1. The van der Waals surface area contributed by atoms with Crippen molar-refractivity contribution in [2.24, 2.45) is 17.8 Å². The monoisotopic (exact) mass is 547 g/mol. The number of unbranched alkanes of at least 4 members (excludes halogenated alkanes) is 2. The van der Waals surface area contributed by atoms with E-state index < -0.39 is 0 Å². The molecule has 3 nitrogen and oxygen atoms in total. The van der Waals surface area contributed by atoms with E-state index in [1.165, 1.54) is 68.2 Å². The van der Waals surface area contributed by atoms with Gasteiger partial charge in [0.2, 0.25) is 5.78 Å². The molecule has 0 radical (unpaired) electrons. The van der Waals surface area contributed by atoms with Gasteiger partial charge in [0.15, 0.2) is 0 Å². The quantitative estimate of drug-likeness (QED) is 0.187. The van der Waals surface area contributed by atoms with E-state index in [1.54, 1.807) is 35.7 Å². The Hall–Kier alpha value is -2.16. The van der Waals surface area contributed by atoms with Crippen LogP contribution in [0.2, 0.25) is 0 Å². The Morgan fingerprint density at radius 3 is 2.37 bits per heavy atom. The lowest BCUT2D eigenvalue weighted by Crippen LogP contribution is -2.17. The van der Waals surface area contributed by atoms with Crippen LogP contribution in [0.3, 0.4) is 0 Å². The van der Waals surface area contributed by atoms with Crippen molar-refractivity contribution in [2.45, 2.75) is 94.8 Å². The van der Waals surface area contributed by atoms with Gasteiger partial charge in [-0.3, -0.25) is 4.79 Å². The second-order valence-electron chi connectivity index (χ2n) is 11.0. The first kappa shape index (κ1) is 28.8. The topological polar surface area (TPSA) is 50.1 Å². The number of fused-ring (bicyclic) bond motifs is 6. The minimum absolute atomic E-state index is 0.206. The highest BCUT2D eigenvalue weighted by atomic mass is 32.2. The number of thioether (sulfide) groups is 2. The van der Waals surface area contributed by atoms with Gasteiger partial charge < -0.3 is 4.74 Å². The fourth-order valence-corrected chi connectivity index (χ4v) is 8.49. The summed E-state index contributed by atoms with van der Waals surface area (Å²) in [6.07, 6.45) is 12.2. The third-order valence-electron chi connectivity index (χ3n) is 7.83. The van der Waals surface area contributed by atoms with Crippen molar-refractivity contribution in [3.8, 4) is 11.8 Å². The van der Waals surface area contributed by atoms with Crippen LogP contribution in [0.15, 0.2) is 62.1 Å². The Labute approximate surface area is 237 Å². The van der Waals surface area contributed by atoms with Crippen LogP contribution >= 0.6 is 23.5 Å². The minimum atomic E-state index is -0.206. The fraction of sp³-hybridized carbons (Fsp3) is 0.515. The average molecular weight is 548 g/mol. The van der Waals surface area contributed by atoms with Gasteiger partial charge in [-0.1, -0.05) is 113 Å². The summed E-state index contributed by atoms with van der Waals surface area (Å²) in [6.45, 7) is 7.73. The van der Waals surface area contributed by atoms with Crippen LogP contribution < -0.4 is 4.74 Å². The van der Waals surface area contributed by atoms with E-state index >= 15 is 0 Å². The number of rotatable bonds is 8. The van der Waals surface area contributed by atoms with Gasteiger partial charge in [0.25, 0.3) is 0 Å². The molecule has 3 unspecified atom stereocenters. The van der Waals surface area contributed by atoms with E-state index in [1.807, 2.05) is 18.2 Å². The summed E-state index contributed by atoms with van der Waals surface area (Å²) >= 11 is 3.14. The van der Waals surface area contributed by atoms with Gasteiger partial charge in [-0.15, -0.1) is 0 Å². The molecular formula is C33H41NO2S2. The maximum Gasteiger partial charge on any atom is 0.205 e. The largest absolute Gasteiger partial charge is 0.492 e. The van der Waals surface area contributed by atoms with Gasteiger partial charge in [-0.2, -0.15) is 5.26 Å². The van der Waals surface area contributed by atoms with Gasteiger partial charge in [-0.05, 0) is 61.5 Å². The van der Waals surface area contributed by atoms with Crippen molar-refractivity contribution >= 4 is 29.3 Å². The molecule has 2 heterocycles. The number of benzene rings is 2. The number of ketones is 1. The number of nitrogens with zero attached hydrogens (tertiary/aromatic N) is 1. The third-order valence-corrected chi connectivity index (χ3v) is 10.5. The second kappa shape index (κ2) is 14.3. The van der Waals surface area contributed by atoms with Gasteiger partial charge in [-0.25, -0.2) is 0 Å². The van der Waals surface area contributed by atoms with Crippen molar-refractivity contribution in [2.75, 3.05) is 6.61 Å². The molecule has 38 heavy (non-hydrogen) atoms. The standard InChI is InChI=1S/C33H41NO2S2/c1-4-6-11-24-15-16-27-17-18-29(36-22-25(12-7-5-2)20-23(3)19-24)32-31(27)37-33(38-32)28(21-34)30(35)26-13-9-8-10-14-26/h8-10,13-14,17-18,23-25H,4-7,11-12,15-16,19-20,22H2,1-3H3/b33-28-. The average Bonchev–Trinajstić information content (AvgIpc) is 3.38. The molecule has 0 aliphatic carbocycles. The van der Waals surface area contributed by atoms with E-state index in [0.29, 0.717) is 17.4 Å².